The highest BCUT2D eigenvalue weighted by Gasteiger charge is 2.37. The number of hydrogen-bond donors (Lipinski definition) is 2. The third-order valence-corrected chi connectivity index (χ3v) is 5.23. The molecule has 3 N–H and O–H groups in total. The Bertz CT molecular complexity index is 969. The number of hydrogen-bond acceptors (Lipinski definition) is 9. The van der Waals surface area contributed by atoms with Crippen molar-refractivity contribution in [3.8, 4) is 11.1 Å². The van der Waals surface area contributed by atoms with E-state index in [0.29, 0.717) is 25.0 Å². The molecule has 2 aromatic heterocycles. The number of aromatic nitrogens is 4. The van der Waals surface area contributed by atoms with Gasteiger partial charge in [-0.25, -0.2) is 9.97 Å². The molecule has 1 aromatic carbocycles. The molecule has 0 aliphatic rings. The van der Waals surface area contributed by atoms with Crippen molar-refractivity contribution in [3.63, 3.8) is 0 Å². The lowest BCUT2D eigenvalue weighted by Crippen LogP contribution is -2.31. The summed E-state index contributed by atoms with van der Waals surface area (Å²) in [4.78, 5) is 12.8. The Kier molecular flexibility index (Phi) is 6.68. The van der Waals surface area contributed by atoms with Crippen LogP contribution in [0.25, 0.3) is 11.1 Å². The first-order chi connectivity index (χ1) is 14.5. The number of nitrogens with two attached hydrogens (primary N) is 1. The van der Waals surface area contributed by atoms with E-state index in [4.69, 9.17) is 15.1 Å². The Hall–Kier alpha value is -3.40. The Labute approximate surface area is 175 Å². The van der Waals surface area contributed by atoms with E-state index in [1.807, 2.05) is 12.1 Å². The minimum absolute atomic E-state index is 0.220. The molecule has 0 amide bonds. The number of methoxy groups -OCH3 is 1. The van der Waals surface area contributed by atoms with Crippen molar-refractivity contribution in [1.82, 2.24) is 20.1 Å². The third-order valence-electron chi connectivity index (χ3n) is 5.23. The molecule has 0 saturated carbocycles. The van der Waals surface area contributed by atoms with Gasteiger partial charge in [-0.2, -0.15) is 4.98 Å². The summed E-state index contributed by atoms with van der Waals surface area (Å²) in [5.74, 6) is 6.11. The molecular formula is C20H26N8O2. The summed E-state index contributed by atoms with van der Waals surface area (Å²) in [5.41, 5.74) is 2.51. The van der Waals surface area contributed by atoms with E-state index in [-0.39, 0.29) is 11.9 Å². The second kappa shape index (κ2) is 9.40. The summed E-state index contributed by atoms with van der Waals surface area (Å²) in [5, 5.41) is 14.1. The minimum atomic E-state index is -0.426. The fraction of sp³-hybridized carbons (Fsp3) is 0.400. The summed E-state index contributed by atoms with van der Waals surface area (Å²) < 4.78 is 10.4. The van der Waals surface area contributed by atoms with Gasteiger partial charge in [-0.1, -0.05) is 53.6 Å². The SMILES string of the molecule is COCCNc1nc(C(C)(c2ccc(-c3cnc(N=NN)nc3)cc2)C(C)C)no1. The number of benzene rings is 1. The highest BCUT2D eigenvalue weighted by Crippen LogP contribution is 2.38. The number of anilines is 1. The Morgan fingerprint density at radius 3 is 2.47 bits per heavy atom. The number of rotatable bonds is 9. The highest BCUT2D eigenvalue weighted by molar-refractivity contribution is 5.62. The fourth-order valence-corrected chi connectivity index (χ4v) is 3.07. The fourth-order valence-electron chi connectivity index (χ4n) is 3.07. The molecule has 3 rings (SSSR count). The van der Waals surface area contributed by atoms with Gasteiger partial charge in [-0.15, -0.1) is 0 Å². The first-order valence-corrected chi connectivity index (χ1v) is 9.60. The smallest absolute Gasteiger partial charge is 0.321 e. The predicted molar refractivity (Wildman–Crippen MR) is 112 cm³/mol. The molecule has 158 valence electrons. The molecule has 0 bridgehead atoms. The number of ether oxygens (including phenoxy) is 1. The van der Waals surface area contributed by atoms with Gasteiger partial charge in [-0.05, 0) is 24.0 Å². The summed E-state index contributed by atoms with van der Waals surface area (Å²) in [6, 6.07) is 8.57. The van der Waals surface area contributed by atoms with E-state index >= 15 is 0 Å². The van der Waals surface area contributed by atoms with E-state index in [1.54, 1.807) is 19.5 Å². The lowest BCUT2D eigenvalue weighted by molar-refractivity contribution is 0.210. The molecule has 0 aliphatic heterocycles. The Morgan fingerprint density at radius 1 is 1.17 bits per heavy atom. The maximum atomic E-state index is 5.38. The van der Waals surface area contributed by atoms with Gasteiger partial charge in [0.25, 0.3) is 5.95 Å². The van der Waals surface area contributed by atoms with Gasteiger partial charge in [-0.3, -0.25) is 0 Å². The number of nitrogens with one attached hydrogen (secondary N) is 1. The first-order valence-electron chi connectivity index (χ1n) is 9.60. The number of nitrogens with zero attached hydrogens (tertiary/aromatic N) is 6. The van der Waals surface area contributed by atoms with Gasteiger partial charge in [0.2, 0.25) is 0 Å². The Balaban J connectivity index is 1.85. The summed E-state index contributed by atoms with van der Waals surface area (Å²) in [6.07, 6.45) is 3.37. The van der Waals surface area contributed by atoms with Crippen molar-refractivity contribution >= 4 is 12.0 Å². The maximum Gasteiger partial charge on any atom is 0.321 e. The van der Waals surface area contributed by atoms with Gasteiger partial charge >= 0.3 is 6.01 Å². The Morgan fingerprint density at radius 2 is 1.87 bits per heavy atom. The zero-order chi connectivity index (χ0) is 21.6. The lowest BCUT2D eigenvalue weighted by Gasteiger charge is -2.31. The maximum absolute atomic E-state index is 5.38. The third kappa shape index (κ3) is 4.43. The van der Waals surface area contributed by atoms with Gasteiger partial charge in [0.05, 0.1) is 12.0 Å². The molecule has 10 nitrogen and oxygen atoms in total. The second-order valence-corrected chi connectivity index (χ2v) is 7.26. The van der Waals surface area contributed by atoms with Crippen molar-refractivity contribution in [3.05, 3.63) is 48.0 Å². The first kappa shape index (κ1) is 21.3. The van der Waals surface area contributed by atoms with E-state index < -0.39 is 5.41 Å². The normalized spacial score (nSPS) is 13.6. The van der Waals surface area contributed by atoms with Crippen molar-refractivity contribution < 1.29 is 9.26 Å². The molecule has 0 radical (unpaired) electrons. The molecule has 0 spiro atoms. The predicted octanol–water partition coefficient (Wildman–Crippen LogP) is 3.50. The zero-order valence-corrected chi connectivity index (χ0v) is 17.5. The second-order valence-electron chi connectivity index (χ2n) is 7.26. The van der Waals surface area contributed by atoms with Crippen LogP contribution in [0.3, 0.4) is 0 Å². The molecule has 1 unspecified atom stereocenters. The van der Waals surface area contributed by atoms with Crippen LogP contribution in [0.1, 0.15) is 32.2 Å². The molecule has 0 saturated heterocycles. The lowest BCUT2D eigenvalue weighted by atomic mass is 9.72. The summed E-state index contributed by atoms with van der Waals surface area (Å²) >= 11 is 0. The average Bonchev–Trinajstić information content (AvgIpc) is 3.23. The van der Waals surface area contributed by atoms with Crippen molar-refractivity contribution in [2.24, 2.45) is 22.1 Å². The van der Waals surface area contributed by atoms with E-state index in [1.165, 1.54) is 0 Å². The zero-order valence-electron chi connectivity index (χ0n) is 17.5. The van der Waals surface area contributed by atoms with E-state index in [2.05, 4.69) is 68.7 Å². The summed E-state index contributed by atoms with van der Waals surface area (Å²) in [7, 11) is 1.65. The van der Waals surface area contributed by atoms with E-state index in [0.717, 1.165) is 16.7 Å². The van der Waals surface area contributed by atoms with Crippen LogP contribution in [0.2, 0.25) is 0 Å². The van der Waals surface area contributed by atoms with Crippen molar-refractivity contribution in [2.75, 3.05) is 25.6 Å². The summed E-state index contributed by atoms with van der Waals surface area (Å²) in [6.45, 7) is 7.55. The van der Waals surface area contributed by atoms with Gasteiger partial charge in [0.15, 0.2) is 5.82 Å². The largest absolute Gasteiger partial charge is 0.383 e. The molecule has 30 heavy (non-hydrogen) atoms. The van der Waals surface area contributed by atoms with Gasteiger partial charge in [0, 0.05) is 31.6 Å². The van der Waals surface area contributed by atoms with Gasteiger partial charge < -0.3 is 20.4 Å². The van der Waals surface area contributed by atoms with Crippen LogP contribution in [0.4, 0.5) is 12.0 Å². The topological polar surface area (TPSA) is 137 Å². The monoisotopic (exact) mass is 410 g/mol. The standard InChI is InChI=1S/C20H26N8O2/c1-13(2)20(3,17-25-19(30-27-17)22-9-10-29-4)16-7-5-14(6-8-16)15-11-23-18(24-12-15)26-28-21/h5-8,11-13H,9-10H2,1-4H3,(H,22,25,27)(H2,21,23,24,26). The van der Waals surface area contributed by atoms with Crippen molar-refractivity contribution in [1.29, 1.82) is 0 Å². The van der Waals surface area contributed by atoms with Crippen LogP contribution >= 0.6 is 0 Å². The minimum Gasteiger partial charge on any atom is -0.383 e. The van der Waals surface area contributed by atoms with Crippen LogP contribution in [0.15, 0.2) is 51.5 Å². The van der Waals surface area contributed by atoms with Gasteiger partial charge in [0.1, 0.15) is 0 Å². The van der Waals surface area contributed by atoms with Crippen LogP contribution in [0.5, 0.6) is 0 Å². The molecule has 3 aromatic rings. The quantitative estimate of drug-likeness (QED) is 0.237. The average molecular weight is 410 g/mol. The molecule has 10 heteroatoms. The molecule has 0 aliphatic carbocycles. The molecule has 2 heterocycles. The van der Waals surface area contributed by atoms with Crippen LogP contribution in [-0.4, -0.2) is 40.4 Å². The molecular weight excluding hydrogens is 384 g/mol. The molecule has 0 fully saturated rings. The molecule has 1 atom stereocenters. The highest BCUT2D eigenvalue weighted by atomic mass is 16.5. The van der Waals surface area contributed by atoms with E-state index in [9.17, 15) is 0 Å². The van der Waals surface area contributed by atoms with Crippen LogP contribution in [0, 0.1) is 5.92 Å². The van der Waals surface area contributed by atoms with Crippen LogP contribution in [-0.2, 0) is 10.2 Å². The van der Waals surface area contributed by atoms with Crippen molar-refractivity contribution in [2.45, 2.75) is 26.2 Å². The van der Waals surface area contributed by atoms with Crippen LogP contribution < -0.4 is 11.2 Å².